The van der Waals surface area contributed by atoms with E-state index in [-0.39, 0.29) is 6.10 Å². The number of allylic oxidation sites excluding steroid dienone is 5. The van der Waals surface area contributed by atoms with Crippen LogP contribution < -0.4 is 0 Å². The van der Waals surface area contributed by atoms with Gasteiger partial charge in [-0.2, -0.15) is 0 Å². The van der Waals surface area contributed by atoms with Gasteiger partial charge in [0.15, 0.2) is 0 Å². The van der Waals surface area contributed by atoms with Crippen molar-refractivity contribution in [2.24, 2.45) is 46.3 Å². The molecule has 4 aliphatic carbocycles. The molecule has 3 fully saturated rings. The van der Waals surface area contributed by atoms with Crippen molar-refractivity contribution in [1.29, 1.82) is 0 Å². The third-order valence-electron chi connectivity index (χ3n) is 10.0. The minimum atomic E-state index is -0.116. The van der Waals surface area contributed by atoms with Gasteiger partial charge in [-0.3, -0.25) is 0 Å². The van der Waals surface area contributed by atoms with Crippen molar-refractivity contribution < 1.29 is 5.11 Å². The van der Waals surface area contributed by atoms with E-state index in [2.05, 4.69) is 65.8 Å². The zero-order valence-electron chi connectivity index (χ0n) is 19.7. The summed E-state index contributed by atoms with van der Waals surface area (Å²) < 4.78 is 0. The molecule has 3 saturated carbocycles. The maximum absolute atomic E-state index is 10.2. The summed E-state index contributed by atoms with van der Waals surface area (Å²) in [5.41, 5.74) is 4.07. The van der Waals surface area contributed by atoms with E-state index in [0.717, 1.165) is 36.5 Å². The van der Waals surface area contributed by atoms with Crippen LogP contribution in [0.1, 0.15) is 86.5 Å². The van der Waals surface area contributed by atoms with Crippen LogP contribution in [0.25, 0.3) is 0 Å². The molecular weight excluding hydrogens is 352 g/mol. The molecule has 0 amide bonds. The Hall–Kier alpha value is -0.820. The highest BCUT2D eigenvalue weighted by Crippen LogP contribution is 2.65. The molecule has 1 N–H and O–H groups in total. The maximum Gasteiger partial charge on any atom is 0.0578 e. The van der Waals surface area contributed by atoms with E-state index in [9.17, 15) is 5.11 Å². The molecule has 4 aliphatic rings. The van der Waals surface area contributed by atoms with E-state index < -0.39 is 0 Å². The second kappa shape index (κ2) is 7.70. The number of aliphatic hydroxyl groups excluding tert-OH is 1. The molecule has 0 aromatic heterocycles. The standard InChI is InChI=1S/C28H44O/c1-18(2)19(3)7-8-20(4)24-11-12-25-23-10-9-21-17-22(29)13-15-27(21,5)26(23)14-16-28(24,25)6/h7-10,18-20,22,24-26,29H,11-17H2,1-6H3/t19-,20-,22+,24-,25+,26?,27+,28-/m1/s1. The summed E-state index contributed by atoms with van der Waals surface area (Å²) in [6, 6.07) is 0. The van der Waals surface area contributed by atoms with Crippen molar-refractivity contribution in [3.05, 3.63) is 35.5 Å². The molecular formula is C28H44O. The van der Waals surface area contributed by atoms with Crippen LogP contribution in [0.5, 0.6) is 0 Å². The van der Waals surface area contributed by atoms with E-state index in [4.69, 9.17) is 0 Å². The van der Waals surface area contributed by atoms with Gasteiger partial charge in [0.25, 0.3) is 0 Å². The normalized spacial score (nSPS) is 44.0. The van der Waals surface area contributed by atoms with E-state index >= 15 is 0 Å². The Morgan fingerprint density at radius 3 is 2.41 bits per heavy atom. The lowest BCUT2D eigenvalue weighted by atomic mass is 9.50. The van der Waals surface area contributed by atoms with Gasteiger partial charge in [-0.25, -0.2) is 0 Å². The summed E-state index contributed by atoms with van der Waals surface area (Å²) in [6.07, 6.45) is 18.4. The number of hydrogen-bond donors (Lipinski definition) is 1. The quantitative estimate of drug-likeness (QED) is 0.493. The van der Waals surface area contributed by atoms with Crippen molar-refractivity contribution in [3.8, 4) is 0 Å². The Balaban J connectivity index is 1.57. The third kappa shape index (κ3) is 3.50. The molecule has 1 heteroatoms. The van der Waals surface area contributed by atoms with Gasteiger partial charge in [-0.15, -0.1) is 0 Å². The van der Waals surface area contributed by atoms with Gasteiger partial charge in [0, 0.05) is 0 Å². The smallest absolute Gasteiger partial charge is 0.0578 e. The molecule has 0 aliphatic heterocycles. The molecule has 0 bridgehead atoms. The van der Waals surface area contributed by atoms with Crippen LogP contribution in [0.2, 0.25) is 0 Å². The minimum absolute atomic E-state index is 0.116. The van der Waals surface area contributed by atoms with Gasteiger partial charge in [0.2, 0.25) is 0 Å². The monoisotopic (exact) mass is 396 g/mol. The lowest BCUT2D eigenvalue weighted by Crippen LogP contribution is -2.46. The average molecular weight is 397 g/mol. The van der Waals surface area contributed by atoms with Gasteiger partial charge in [0.05, 0.1) is 6.10 Å². The molecule has 8 atom stereocenters. The van der Waals surface area contributed by atoms with Crippen LogP contribution in [0, 0.1) is 46.3 Å². The summed E-state index contributed by atoms with van der Waals surface area (Å²) >= 11 is 0. The zero-order valence-corrected chi connectivity index (χ0v) is 19.7. The topological polar surface area (TPSA) is 20.2 Å². The van der Waals surface area contributed by atoms with E-state index in [0.29, 0.717) is 22.7 Å². The number of rotatable bonds is 4. The Morgan fingerprint density at radius 2 is 1.69 bits per heavy atom. The fourth-order valence-electron chi connectivity index (χ4n) is 7.59. The molecule has 0 saturated heterocycles. The first kappa shape index (κ1) is 21.4. The summed E-state index contributed by atoms with van der Waals surface area (Å²) in [4.78, 5) is 0. The van der Waals surface area contributed by atoms with E-state index in [1.165, 1.54) is 37.7 Å². The first-order valence-electron chi connectivity index (χ1n) is 12.4. The summed E-state index contributed by atoms with van der Waals surface area (Å²) in [6.45, 7) is 14.6. The molecule has 0 aromatic carbocycles. The number of hydrogen-bond acceptors (Lipinski definition) is 1. The van der Waals surface area contributed by atoms with Gasteiger partial charge >= 0.3 is 0 Å². The predicted octanol–water partition coefficient (Wildman–Crippen LogP) is 7.33. The van der Waals surface area contributed by atoms with E-state index in [1.807, 2.05) is 0 Å². The highest BCUT2D eigenvalue weighted by Gasteiger charge is 2.56. The summed E-state index contributed by atoms with van der Waals surface area (Å²) in [7, 11) is 0. The van der Waals surface area contributed by atoms with Crippen LogP contribution in [-0.2, 0) is 0 Å². The largest absolute Gasteiger partial charge is 0.393 e. The molecule has 1 nitrogen and oxygen atoms in total. The van der Waals surface area contributed by atoms with Crippen molar-refractivity contribution in [1.82, 2.24) is 0 Å². The van der Waals surface area contributed by atoms with Crippen molar-refractivity contribution in [2.45, 2.75) is 92.6 Å². The molecule has 29 heavy (non-hydrogen) atoms. The SMILES string of the molecule is CC(C)[C@H](C)C=C[C@@H](C)[C@H]1CC[C@H]2C3=CC=C4C[C@@H](O)CC[C@]4(C)C3CC[C@]12C. The van der Waals surface area contributed by atoms with Crippen LogP contribution >= 0.6 is 0 Å². The maximum atomic E-state index is 10.2. The highest BCUT2D eigenvalue weighted by molar-refractivity contribution is 5.39. The molecule has 0 spiro atoms. The molecule has 0 radical (unpaired) electrons. The second-order valence-electron chi connectivity index (χ2n) is 11.9. The fourth-order valence-corrected chi connectivity index (χ4v) is 7.59. The third-order valence-corrected chi connectivity index (χ3v) is 10.0. The second-order valence-corrected chi connectivity index (χ2v) is 11.9. The fraction of sp³-hybridized carbons (Fsp3) is 0.786. The number of aliphatic hydroxyl groups is 1. The first-order chi connectivity index (χ1) is 13.7. The Kier molecular flexibility index (Phi) is 5.69. The Morgan fingerprint density at radius 1 is 0.931 bits per heavy atom. The zero-order chi connectivity index (χ0) is 21.0. The lowest BCUT2D eigenvalue weighted by molar-refractivity contribution is 0.0382. The lowest BCUT2D eigenvalue weighted by Gasteiger charge is -2.55. The van der Waals surface area contributed by atoms with Crippen LogP contribution in [0.4, 0.5) is 0 Å². The summed E-state index contributed by atoms with van der Waals surface area (Å²) in [5, 5.41) is 10.2. The minimum Gasteiger partial charge on any atom is -0.393 e. The van der Waals surface area contributed by atoms with Gasteiger partial charge in [-0.05, 0) is 91.3 Å². The average Bonchev–Trinajstić information content (AvgIpc) is 3.03. The number of fused-ring (bicyclic) bond motifs is 5. The van der Waals surface area contributed by atoms with Crippen LogP contribution in [0.3, 0.4) is 0 Å². The van der Waals surface area contributed by atoms with Crippen LogP contribution in [-0.4, -0.2) is 11.2 Å². The molecule has 1 unspecified atom stereocenters. The van der Waals surface area contributed by atoms with Gasteiger partial charge in [0.1, 0.15) is 0 Å². The first-order valence-corrected chi connectivity index (χ1v) is 12.4. The van der Waals surface area contributed by atoms with Crippen molar-refractivity contribution >= 4 is 0 Å². The van der Waals surface area contributed by atoms with Crippen molar-refractivity contribution in [3.63, 3.8) is 0 Å². The molecule has 0 heterocycles. The predicted molar refractivity (Wildman–Crippen MR) is 123 cm³/mol. The summed E-state index contributed by atoms with van der Waals surface area (Å²) in [5.74, 6) is 4.38. The van der Waals surface area contributed by atoms with Gasteiger partial charge < -0.3 is 5.11 Å². The Bertz CT molecular complexity index is 712. The Labute approximate surface area is 179 Å². The van der Waals surface area contributed by atoms with Crippen molar-refractivity contribution in [2.75, 3.05) is 0 Å². The van der Waals surface area contributed by atoms with E-state index in [1.54, 1.807) is 5.57 Å². The van der Waals surface area contributed by atoms with Gasteiger partial charge in [-0.1, -0.05) is 77.0 Å². The molecule has 4 rings (SSSR count). The molecule has 162 valence electrons. The van der Waals surface area contributed by atoms with Crippen LogP contribution in [0.15, 0.2) is 35.5 Å². The molecule has 0 aromatic rings. The highest BCUT2D eigenvalue weighted by atomic mass is 16.3.